The van der Waals surface area contributed by atoms with Crippen molar-refractivity contribution in [3.05, 3.63) is 29.8 Å². The molecule has 5 nitrogen and oxygen atoms in total. The van der Waals surface area contributed by atoms with E-state index in [0.29, 0.717) is 13.0 Å². The fourth-order valence-corrected chi connectivity index (χ4v) is 1.68. The van der Waals surface area contributed by atoms with Gasteiger partial charge in [-0.2, -0.15) is 0 Å². The first-order chi connectivity index (χ1) is 8.69. The van der Waals surface area contributed by atoms with Gasteiger partial charge >= 0.3 is 6.09 Å². The number of nitrogens with one attached hydrogen (secondary N) is 1. The third-order valence-electron chi connectivity index (χ3n) is 2.58. The summed E-state index contributed by atoms with van der Waals surface area (Å²) in [4.78, 5) is 22.2. The van der Waals surface area contributed by atoms with Gasteiger partial charge < -0.3 is 9.47 Å². The van der Waals surface area contributed by atoms with Crippen molar-refractivity contribution >= 4 is 12.0 Å². The largest absolute Gasteiger partial charge is 0.494 e. The maximum Gasteiger partial charge on any atom is 0.414 e. The molecule has 18 heavy (non-hydrogen) atoms. The summed E-state index contributed by atoms with van der Waals surface area (Å²) in [7, 11) is 0. The van der Waals surface area contributed by atoms with Gasteiger partial charge in [-0.25, -0.2) is 4.79 Å². The highest BCUT2D eigenvalue weighted by Crippen LogP contribution is 2.16. The second kappa shape index (κ2) is 5.53. The van der Waals surface area contributed by atoms with Crippen molar-refractivity contribution in [3.8, 4) is 5.75 Å². The summed E-state index contributed by atoms with van der Waals surface area (Å²) in [6, 6.07) is 7.42. The molecule has 0 aromatic heterocycles. The molecular formula is C13H15NO4. The maximum atomic E-state index is 11.3. The summed E-state index contributed by atoms with van der Waals surface area (Å²) < 4.78 is 10.3. The van der Waals surface area contributed by atoms with Crippen molar-refractivity contribution in [1.82, 2.24) is 5.32 Å². The van der Waals surface area contributed by atoms with Crippen LogP contribution in [0.3, 0.4) is 0 Å². The maximum absolute atomic E-state index is 11.3. The van der Waals surface area contributed by atoms with E-state index in [1.54, 1.807) is 0 Å². The van der Waals surface area contributed by atoms with Gasteiger partial charge in [-0.15, -0.1) is 0 Å². The van der Waals surface area contributed by atoms with Crippen molar-refractivity contribution in [2.45, 2.75) is 25.9 Å². The number of carbonyl (C=O) groups is 2. The molecule has 2 rings (SSSR count). The number of benzene rings is 1. The van der Waals surface area contributed by atoms with Crippen LogP contribution in [0.1, 0.15) is 18.9 Å². The lowest BCUT2D eigenvalue weighted by molar-refractivity contribution is -0.123. The van der Waals surface area contributed by atoms with E-state index < -0.39 is 12.2 Å². The number of hydrogen-bond acceptors (Lipinski definition) is 4. The van der Waals surface area contributed by atoms with Crippen molar-refractivity contribution in [2.75, 3.05) is 6.61 Å². The molecule has 1 atom stereocenters. The van der Waals surface area contributed by atoms with Crippen LogP contribution in [0.5, 0.6) is 5.75 Å². The Balaban J connectivity index is 1.94. The Bertz CT molecular complexity index is 441. The molecule has 0 radical (unpaired) electrons. The van der Waals surface area contributed by atoms with Gasteiger partial charge in [0.15, 0.2) is 6.10 Å². The summed E-state index contributed by atoms with van der Waals surface area (Å²) in [5.74, 6) is 0.416. The van der Waals surface area contributed by atoms with Crippen LogP contribution in [0.15, 0.2) is 24.3 Å². The van der Waals surface area contributed by atoms with Gasteiger partial charge in [-0.3, -0.25) is 10.1 Å². The summed E-state index contributed by atoms with van der Waals surface area (Å²) in [5, 5.41) is 2.10. The normalized spacial score (nSPS) is 18.4. The Hall–Kier alpha value is -2.04. The van der Waals surface area contributed by atoms with E-state index in [0.717, 1.165) is 17.7 Å². The van der Waals surface area contributed by atoms with E-state index in [1.165, 1.54) is 0 Å². The van der Waals surface area contributed by atoms with Crippen LogP contribution in [0, 0.1) is 0 Å². The monoisotopic (exact) mass is 249 g/mol. The van der Waals surface area contributed by atoms with Crippen LogP contribution in [0.25, 0.3) is 0 Å². The number of ether oxygens (including phenoxy) is 2. The molecule has 0 aliphatic carbocycles. The van der Waals surface area contributed by atoms with Gasteiger partial charge in [0.1, 0.15) is 5.75 Å². The fraction of sp³-hybridized carbons (Fsp3) is 0.385. The highest BCUT2D eigenvalue weighted by atomic mass is 16.6. The summed E-state index contributed by atoms with van der Waals surface area (Å²) in [6.45, 7) is 2.73. The number of hydrogen-bond donors (Lipinski definition) is 1. The summed E-state index contributed by atoms with van der Waals surface area (Å²) >= 11 is 0. The average molecular weight is 249 g/mol. The number of cyclic esters (lactones) is 1. The Morgan fingerprint density at radius 3 is 2.56 bits per heavy atom. The van der Waals surface area contributed by atoms with E-state index in [9.17, 15) is 9.59 Å². The minimum atomic E-state index is -0.722. The fourth-order valence-electron chi connectivity index (χ4n) is 1.68. The van der Waals surface area contributed by atoms with Crippen molar-refractivity contribution in [1.29, 1.82) is 0 Å². The lowest BCUT2D eigenvalue weighted by atomic mass is 10.1. The Kier molecular flexibility index (Phi) is 3.82. The van der Waals surface area contributed by atoms with Gasteiger partial charge in [0.05, 0.1) is 6.61 Å². The zero-order chi connectivity index (χ0) is 13.0. The molecule has 1 N–H and O–H groups in total. The number of alkyl carbamates (subject to hydrolysis) is 1. The van der Waals surface area contributed by atoms with E-state index in [4.69, 9.17) is 9.47 Å². The molecule has 1 unspecified atom stereocenters. The lowest BCUT2D eigenvalue weighted by Crippen LogP contribution is -2.25. The zero-order valence-corrected chi connectivity index (χ0v) is 10.1. The topological polar surface area (TPSA) is 64.6 Å². The van der Waals surface area contributed by atoms with E-state index >= 15 is 0 Å². The standard InChI is InChI=1S/C13H15NO4/c1-2-7-17-10-5-3-9(4-6-10)8-11-12(15)14-13(16)18-11/h3-6,11H,2,7-8H2,1H3,(H,14,15,16). The minimum Gasteiger partial charge on any atom is -0.494 e. The Morgan fingerprint density at radius 1 is 1.28 bits per heavy atom. The first kappa shape index (κ1) is 12.4. The second-order valence-electron chi connectivity index (χ2n) is 4.08. The highest BCUT2D eigenvalue weighted by Gasteiger charge is 2.31. The average Bonchev–Trinajstić information content (AvgIpc) is 2.67. The van der Waals surface area contributed by atoms with Crippen LogP contribution < -0.4 is 10.1 Å². The van der Waals surface area contributed by atoms with Gasteiger partial charge in [0.2, 0.25) is 0 Å². The zero-order valence-electron chi connectivity index (χ0n) is 10.1. The third-order valence-corrected chi connectivity index (χ3v) is 2.58. The molecule has 1 fully saturated rings. The predicted octanol–water partition coefficient (Wildman–Crippen LogP) is 1.65. The molecule has 0 spiro atoms. The highest BCUT2D eigenvalue weighted by molar-refractivity contribution is 6.00. The summed E-state index contributed by atoms with van der Waals surface area (Å²) in [5.41, 5.74) is 0.925. The molecule has 0 bridgehead atoms. The molecule has 0 saturated carbocycles. The van der Waals surface area contributed by atoms with Crippen LogP contribution in [0.4, 0.5) is 4.79 Å². The number of imide groups is 1. The van der Waals surface area contributed by atoms with Crippen molar-refractivity contribution in [3.63, 3.8) is 0 Å². The van der Waals surface area contributed by atoms with E-state index in [2.05, 4.69) is 5.32 Å². The number of amides is 2. The van der Waals surface area contributed by atoms with Gasteiger partial charge in [0, 0.05) is 6.42 Å². The molecule has 5 heteroatoms. The third kappa shape index (κ3) is 3.00. The molecule has 1 saturated heterocycles. The van der Waals surface area contributed by atoms with Crippen molar-refractivity contribution in [2.24, 2.45) is 0 Å². The molecule has 1 aromatic carbocycles. The van der Waals surface area contributed by atoms with Gasteiger partial charge in [-0.1, -0.05) is 19.1 Å². The van der Waals surface area contributed by atoms with Gasteiger partial charge in [-0.05, 0) is 24.1 Å². The molecule has 1 heterocycles. The Morgan fingerprint density at radius 2 is 2.00 bits per heavy atom. The quantitative estimate of drug-likeness (QED) is 0.861. The molecule has 1 aromatic rings. The summed E-state index contributed by atoms with van der Waals surface area (Å²) in [6.07, 6.45) is -0.0567. The van der Waals surface area contributed by atoms with E-state index in [-0.39, 0.29) is 5.91 Å². The number of rotatable bonds is 5. The van der Waals surface area contributed by atoms with Crippen LogP contribution in [-0.2, 0) is 16.0 Å². The molecular weight excluding hydrogens is 234 g/mol. The molecule has 96 valence electrons. The Labute approximate surface area is 105 Å². The molecule has 2 amide bonds. The van der Waals surface area contributed by atoms with Crippen LogP contribution >= 0.6 is 0 Å². The smallest absolute Gasteiger partial charge is 0.414 e. The predicted molar refractivity (Wildman–Crippen MR) is 64.3 cm³/mol. The number of carbonyl (C=O) groups excluding carboxylic acids is 2. The molecule has 1 aliphatic heterocycles. The molecule has 1 aliphatic rings. The minimum absolute atomic E-state index is 0.381. The lowest BCUT2D eigenvalue weighted by Gasteiger charge is -2.08. The van der Waals surface area contributed by atoms with E-state index in [1.807, 2.05) is 31.2 Å². The van der Waals surface area contributed by atoms with Crippen LogP contribution in [-0.4, -0.2) is 24.7 Å². The van der Waals surface area contributed by atoms with Gasteiger partial charge in [0.25, 0.3) is 5.91 Å². The first-order valence-electron chi connectivity index (χ1n) is 5.92. The first-order valence-corrected chi connectivity index (χ1v) is 5.92. The SMILES string of the molecule is CCCOc1ccc(CC2OC(=O)NC2=O)cc1. The van der Waals surface area contributed by atoms with Crippen LogP contribution in [0.2, 0.25) is 0 Å². The van der Waals surface area contributed by atoms with Crippen molar-refractivity contribution < 1.29 is 19.1 Å². The second-order valence-corrected chi connectivity index (χ2v) is 4.08.